The van der Waals surface area contributed by atoms with Crippen LogP contribution in [0.1, 0.15) is 41.7 Å². The molecular formula is C25H27N3O5. The maximum atomic E-state index is 13.4. The predicted octanol–water partition coefficient (Wildman–Crippen LogP) is 2.02. The Morgan fingerprint density at radius 1 is 1.00 bits per heavy atom. The van der Waals surface area contributed by atoms with Crippen LogP contribution in [0.5, 0.6) is 0 Å². The Balaban J connectivity index is 1.28. The monoisotopic (exact) mass is 449 g/mol. The van der Waals surface area contributed by atoms with Crippen molar-refractivity contribution in [1.82, 2.24) is 9.47 Å². The first-order valence-electron chi connectivity index (χ1n) is 11.5. The van der Waals surface area contributed by atoms with Crippen molar-refractivity contribution in [3.8, 4) is 0 Å². The summed E-state index contributed by atoms with van der Waals surface area (Å²) < 4.78 is 6.85. The summed E-state index contributed by atoms with van der Waals surface area (Å²) >= 11 is 0. The zero-order valence-electron chi connectivity index (χ0n) is 18.6. The predicted molar refractivity (Wildman–Crippen MR) is 121 cm³/mol. The summed E-state index contributed by atoms with van der Waals surface area (Å²) in [4.78, 5) is 53.7. The number of pyridine rings is 1. The van der Waals surface area contributed by atoms with E-state index in [1.54, 1.807) is 48.2 Å². The van der Waals surface area contributed by atoms with Gasteiger partial charge in [0.2, 0.25) is 11.8 Å². The second kappa shape index (κ2) is 8.50. The van der Waals surface area contributed by atoms with Gasteiger partial charge in [-0.1, -0.05) is 6.07 Å². The first kappa shape index (κ1) is 21.4. The fourth-order valence-corrected chi connectivity index (χ4v) is 5.45. The van der Waals surface area contributed by atoms with Crippen molar-refractivity contribution in [3.63, 3.8) is 0 Å². The molecular weight excluding hydrogens is 422 g/mol. The Morgan fingerprint density at radius 3 is 2.55 bits per heavy atom. The third-order valence-electron chi connectivity index (χ3n) is 6.96. The van der Waals surface area contributed by atoms with Gasteiger partial charge in [0.05, 0.1) is 18.1 Å². The Hall–Kier alpha value is -3.42. The summed E-state index contributed by atoms with van der Waals surface area (Å²) in [7, 11) is 0. The normalized spacial score (nSPS) is 23.9. The van der Waals surface area contributed by atoms with Gasteiger partial charge in [0, 0.05) is 56.0 Å². The Kier molecular flexibility index (Phi) is 5.52. The zero-order valence-corrected chi connectivity index (χ0v) is 18.6. The molecule has 33 heavy (non-hydrogen) atoms. The van der Waals surface area contributed by atoms with E-state index in [-0.39, 0.29) is 41.5 Å². The Morgan fingerprint density at radius 2 is 1.79 bits per heavy atom. The summed E-state index contributed by atoms with van der Waals surface area (Å²) in [6, 6.07) is 12.1. The molecule has 2 saturated heterocycles. The summed E-state index contributed by atoms with van der Waals surface area (Å²) in [6.07, 6.45) is 1.16. The van der Waals surface area contributed by atoms with Crippen molar-refractivity contribution >= 4 is 23.5 Å². The van der Waals surface area contributed by atoms with Gasteiger partial charge in [0.15, 0.2) is 0 Å². The van der Waals surface area contributed by atoms with Crippen LogP contribution in [0.25, 0.3) is 0 Å². The van der Waals surface area contributed by atoms with Gasteiger partial charge in [-0.3, -0.25) is 14.4 Å². The third-order valence-corrected chi connectivity index (χ3v) is 6.96. The number of hydrogen-bond donors (Lipinski definition) is 0. The molecule has 0 radical (unpaired) electrons. The molecule has 2 fully saturated rings. The molecule has 172 valence electrons. The number of likely N-dealkylation sites (tertiary alicyclic amines) is 1. The largest absolute Gasteiger partial charge is 0.462 e. The molecule has 1 aromatic carbocycles. The highest BCUT2D eigenvalue weighted by atomic mass is 16.5. The number of amides is 2. The van der Waals surface area contributed by atoms with E-state index < -0.39 is 5.97 Å². The van der Waals surface area contributed by atoms with Crippen LogP contribution in [0.15, 0.2) is 47.3 Å². The van der Waals surface area contributed by atoms with E-state index >= 15 is 0 Å². The summed E-state index contributed by atoms with van der Waals surface area (Å²) in [5.41, 5.74) is 2.13. The number of piperidine rings is 1. The molecule has 3 aliphatic heterocycles. The number of carbonyl (C=O) groups excluding carboxylic acids is 3. The van der Waals surface area contributed by atoms with Gasteiger partial charge >= 0.3 is 5.97 Å². The number of rotatable bonds is 4. The average Bonchev–Trinajstić information content (AvgIpc) is 3.21. The quantitative estimate of drug-likeness (QED) is 0.667. The van der Waals surface area contributed by atoms with Crippen LogP contribution in [-0.2, 0) is 20.9 Å². The lowest BCUT2D eigenvalue weighted by Gasteiger charge is -2.43. The van der Waals surface area contributed by atoms with Gasteiger partial charge < -0.3 is 19.1 Å². The summed E-state index contributed by atoms with van der Waals surface area (Å²) in [5, 5.41) is 0. The average molecular weight is 450 g/mol. The summed E-state index contributed by atoms with van der Waals surface area (Å²) in [6.45, 7) is 4.22. The van der Waals surface area contributed by atoms with Gasteiger partial charge in [-0.2, -0.15) is 0 Å². The molecule has 8 nitrogen and oxygen atoms in total. The fraction of sp³-hybridized carbons (Fsp3) is 0.440. The smallest absolute Gasteiger partial charge is 0.338 e. The number of carbonyl (C=O) groups is 3. The Bertz CT molecular complexity index is 1160. The molecule has 3 aliphatic rings. The molecule has 1 aromatic heterocycles. The first-order valence-corrected chi connectivity index (χ1v) is 11.5. The second-order valence-electron chi connectivity index (χ2n) is 9.11. The lowest BCUT2D eigenvalue weighted by molar-refractivity contribution is -0.138. The first-order chi connectivity index (χ1) is 15.9. The molecule has 0 unspecified atom stereocenters. The molecule has 8 heteroatoms. The lowest BCUT2D eigenvalue weighted by Crippen LogP contribution is -2.50. The highest BCUT2D eigenvalue weighted by Gasteiger charge is 2.41. The van der Waals surface area contributed by atoms with E-state index in [4.69, 9.17) is 4.74 Å². The van der Waals surface area contributed by atoms with Crippen molar-refractivity contribution in [2.24, 2.45) is 11.8 Å². The van der Waals surface area contributed by atoms with Crippen LogP contribution < -0.4 is 10.5 Å². The number of hydrogen-bond acceptors (Lipinski definition) is 5. The lowest BCUT2D eigenvalue weighted by atomic mass is 9.82. The maximum Gasteiger partial charge on any atom is 0.338 e. The molecule has 0 N–H and O–H groups in total. The van der Waals surface area contributed by atoms with Crippen LogP contribution >= 0.6 is 0 Å². The van der Waals surface area contributed by atoms with Crippen LogP contribution in [0.2, 0.25) is 0 Å². The van der Waals surface area contributed by atoms with Gasteiger partial charge in [-0.05, 0) is 49.6 Å². The number of ether oxygens (including phenoxy) is 1. The molecule has 5 rings (SSSR count). The molecule has 0 aliphatic carbocycles. The van der Waals surface area contributed by atoms with Gasteiger partial charge in [0.25, 0.3) is 5.56 Å². The van der Waals surface area contributed by atoms with E-state index in [0.717, 1.165) is 12.1 Å². The van der Waals surface area contributed by atoms with E-state index in [1.165, 1.54) is 0 Å². The highest BCUT2D eigenvalue weighted by Crippen LogP contribution is 2.36. The number of benzene rings is 1. The van der Waals surface area contributed by atoms with Gasteiger partial charge in [-0.15, -0.1) is 0 Å². The van der Waals surface area contributed by atoms with Gasteiger partial charge in [0.1, 0.15) is 0 Å². The molecule has 2 amide bonds. The minimum absolute atomic E-state index is 0.00965. The third kappa shape index (κ3) is 3.94. The topological polar surface area (TPSA) is 88.9 Å². The number of nitrogens with zero attached hydrogens (tertiary/aromatic N) is 3. The van der Waals surface area contributed by atoms with Crippen molar-refractivity contribution in [1.29, 1.82) is 0 Å². The van der Waals surface area contributed by atoms with E-state index in [9.17, 15) is 19.2 Å². The number of aromatic nitrogens is 1. The molecule has 0 saturated carbocycles. The molecule has 3 atom stereocenters. The number of esters is 1. The zero-order chi connectivity index (χ0) is 23.1. The van der Waals surface area contributed by atoms with Crippen molar-refractivity contribution in [2.45, 2.75) is 32.2 Å². The van der Waals surface area contributed by atoms with Crippen LogP contribution in [0, 0.1) is 11.8 Å². The van der Waals surface area contributed by atoms with E-state index in [0.29, 0.717) is 44.0 Å². The van der Waals surface area contributed by atoms with Crippen LogP contribution in [0.4, 0.5) is 5.69 Å². The number of anilines is 1. The Labute approximate surface area is 191 Å². The second-order valence-corrected chi connectivity index (χ2v) is 9.11. The van der Waals surface area contributed by atoms with Crippen LogP contribution in [0.3, 0.4) is 0 Å². The van der Waals surface area contributed by atoms with Crippen LogP contribution in [-0.4, -0.2) is 53.5 Å². The SMILES string of the molecule is CCOC(=O)c1ccc(N2C[C@H](C(=O)N3C[C@@H]4C[C@H](C3)c3cccc(=O)n3C4)CC2=O)cc1. The molecule has 4 heterocycles. The van der Waals surface area contributed by atoms with Gasteiger partial charge in [-0.25, -0.2) is 4.79 Å². The number of fused-ring (bicyclic) bond motifs is 4. The summed E-state index contributed by atoms with van der Waals surface area (Å²) in [5.74, 6) is -0.465. The van der Waals surface area contributed by atoms with Crippen molar-refractivity contribution < 1.29 is 19.1 Å². The highest BCUT2D eigenvalue weighted by molar-refractivity contribution is 6.00. The fourth-order valence-electron chi connectivity index (χ4n) is 5.45. The standard InChI is InChI=1S/C25H27N3O5/c1-2-33-25(32)17-6-8-20(9-7-17)27-15-19(11-23(27)30)24(31)26-12-16-10-18(14-26)21-4-3-5-22(29)28(21)13-16/h3-9,16,18-19H,2,10-15H2,1H3/t16-,18+,19+/m0/s1. The maximum absolute atomic E-state index is 13.4. The minimum Gasteiger partial charge on any atom is -0.462 e. The van der Waals surface area contributed by atoms with E-state index in [1.807, 2.05) is 15.5 Å². The van der Waals surface area contributed by atoms with Crippen molar-refractivity contribution in [3.05, 3.63) is 64.1 Å². The molecule has 2 bridgehead atoms. The minimum atomic E-state index is -0.399. The van der Waals surface area contributed by atoms with E-state index in [2.05, 4.69) is 0 Å². The molecule has 2 aromatic rings. The molecule has 0 spiro atoms. The van der Waals surface area contributed by atoms with Crippen molar-refractivity contribution in [2.75, 3.05) is 31.1 Å².